The highest BCUT2D eigenvalue weighted by atomic mass is 32.1. The number of hydrogen-bond donors (Lipinski definition) is 2. The average molecular weight is 241 g/mol. The Labute approximate surface area is 106 Å². The molecule has 94 valence electrons. The smallest absolute Gasteiger partial charge is 0.00667 e. The summed E-state index contributed by atoms with van der Waals surface area (Å²) in [6.45, 7) is 0.887. The van der Waals surface area contributed by atoms with Crippen LogP contribution in [0.2, 0.25) is 0 Å². The largest absolute Gasteiger partial charge is 0.330 e. The number of nitrogens with two attached hydrogens (primary N) is 1. The van der Waals surface area contributed by atoms with Gasteiger partial charge in [0.1, 0.15) is 0 Å². The Morgan fingerprint density at radius 2 is 1.88 bits per heavy atom. The zero-order chi connectivity index (χ0) is 11.4. The zero-order valence-corrected chi connectivity index (χ0v) is 11.3. The SMILES string of the molecule is NCCC1CCCCCC(CS)[C@H]2CC2C1. The van der Waals surface area contributed by atoms with E-state index in [2.05, 4.69) is 12.6 Å². The summed E-state index contributed by atoms with van der Waals surface area (Å²) in [6.07, 6.45) is 11.4. The normalized spacial score (nSPS) is 40.1. The molecule has 0 heterocycles. The minimum Gasteiger partial charge on any atom is -0.330 e. The van der Waals surface area contributed by atoms with E-state index < -0.39 is 0 Å². The molecule has 0 aromatic rings. The lowest BCUT2D eigenvalue weighted by atomic mass is 9.87. The predicted octanol–water partition coefficient (Wildman–Crippen LogP) is 3.49. The van der Waals surface area contributed by atoms with Crippen LogP contribution in [0.3, 0.4) is 0 Å². The van der Waals surface area contributed by atoms with Gasteiger partial charge < -0.3 is 5.73 Å². The molecule has 2 aliphatic rings. The van der Waals surface area contributed by atoms with Gasteiger partial charge in [-0.15, -0.1) is 0 Å². The number of thiol groups is 1. The first-order valence-corrected chi connectivity index (χ1v) is 7.79. The van der Waals surface area contributed by atoms with Gasteiger partial charge in [0.05, 0.1) is 0 Å². The summed E-state index contributed by atoms with van der Waals surface area (Å²) >= 11 is 4.54. The number of hydrogen-bond acceptors (Lipinski definition) is 2. The van der Waals surface area contributed by atoms with Gasteiger partial charge in [-0.1, -0.05) is 25.7 Å². The first-order chi connectivity index (χ1) is 7.85. The molecule has 0 radical (unpaired) electrons. The van der Waals surface area contributed by atoms with Gasteiger partial charge in [0, 0.05) is 0 Å². The van der Waals surface area contributed by atoms with Crippen molar-refractivity contribution in [3.63, 3.8) is 0 Å². The summed E-state index contributed by atoms with van der Waals surface area (Å²) in [4.78, 5) is 0. The summed E-state index contributed by atoms with van der Waals surface area (Å²) in [7, 11) is 0. The first kappa shape index (κ1) is 12.8. The molecule has 0 saturated heterocycles. The molecule has 0 spiro atoms. The third-order valence-corrected chi connectivity index (χ3v) is 5.18. The van der Waals surface area contributed by atoms with Crippen LogP contribution in [0.25, 0.3) is 0 Å². The maximum absolute atomic E-state index is 5.72. The average Bonchev–Trinajstić information content (AvgIpc) is 3.03. The maximum atomic E-state index is 5.72. The fourth-order valence-electron chi connectivity index (χ4n) is 3.62. The van der Waals surface area contributed by atoms with Crippen LogP contribution in [0, 0.1) is 23.7 Å². The lowest BCUT2D eigenvalue weighted by molar-refractivity contribution is 0.331. The van der Waals surface area contributed by atoms with Crippen LogP contribution in [-0.2, 0) is 0 Å². The van der Waals surface area contributed by atoms with E-state index in [-0.39, 0.29) is 0 Å². The van der Waals surface area contributed by atoms with E-state index in [1.807, 2.05) is 0 Å². The second kappa shape index (κ2) is 6.30. The third-order valence-electron chi connectivity index (χ3n) is 4.72. The van der Waals surface area contributed by atoms with Crippen LogP contribution < -0.4 is 5.73 Å². The molecule has 0 aromatic heterocycles. The van der Waals surface area contributed by atoms with Crippen LogP contribution in [0.1, 0.15) is 51.4 Å². The van der Waals surface area contributed by atoms with Crippen molar-refractivity contribution in [1.82, 2.24) is 0 Å². The van der Waals surface area contributed by atoms with Gasteiger partial charge in [-0.3, -0.25) is 0 Å². The minimum absolute atomic E-state index is 0.887. The van der Waals surface area contributed by atoms with Crippen LogP contribution in [0.15, 0.2) is 0 Å². The van der Waals surface area contributed by atoms with Crippen LogP contribution in [0.5, 0.6) is 0 Å². The predicted molar refractivity (Wildman–Crippen MR) is 73.8 cm³/mol. The lowest BCUT2D eigenvalue weighted by Crippen LogP contribution is -2.13. The number of fused-ring (bicyclic) bond motifs is 1. The van der Waals surface area contributed by atoms with E-state index in [1.165, 1.54) is 51.4 Å². The van der Waals surface area contributed by atoms with Crippen molar-refractivity contribution >= 4 is 12.6 Å². The molecular weight excluding hydrogens is 214 g/mol. The molecule has 1 nitrogen and oxygen atoms in total. The fourth-order valence-corrected chi connectivity index (χ4v) is 4.07. The van der Waals surface area contributed by atoms with Gasteiger partial charge in [0.25, 0.3) is 0 Å². The van der Waals surface area contributed by atoms with E-state index in [0.717, 1.165) is 36.0 Å². The molecule has 0 aromatic carbocycles. The molecule has 16 heavy (non-hydrogen) atoms. The Balaban J connectivity index is 1.86. The Morgan fingerprint density at radius 3 is 2.62 bits per heavy atom. The van der Waals surface area contributed by atoms with Crippen molar-refractivity contribution < 1.29 is 0 Å². The second-order valence-corrected chi connectivity index (χ2v) is 6.28. The minimum atomic E-state index is 0.887. The van der Waals surface area contributed by atoms with E-state index in [9.17, 15) is 0 Å². The second-order valence-electron chi connectivity index (χ2n) is 5.92. The Morgan fingerprint density at radius 1 is 1.06 bits per heavy atom. The number of rotatable bonds is 3. The maximum Gasteiger partial charge on any atom is -0.00667 e. The molecule has 2 N–H and O–H groups in total. The summed E-state index contributed by atoms with van der Waals surface area (Å²) < 4.78 is 0. The summed E-state index contributed by atoms with van der Waals surface area (Å²) in [5.74, 6) is 5.02. The molecule has 0 amide bonds. The van der Waals surface area contributed by atoms with Crippen LogP contribution in [0.4, 0.5) is 0 Å². The highest BCUT2D eigenvalue weighted by Crippen LogP contribution is 2.51. The van der Waals surface area contributed by atoms with Crippen LogP contribution >= 0.6 is 12.6 Å². The molecule has 0 aliphatic heterocycles. The molecule has 2 fully saturated rings. The van der Waals surface area contributed by atoms with Crippen molar-refractivity contribution in [3.8, 4) is 0 Å². The van der Waals surface area contributed by atoms with Crippen LogP contribution in [-0.4, -0.2) is 12.3 Å². The lowest BCUT2D eigenvalue weighted by Gasteiger charge is -2.20. The fraction of sp³-hybridized carbons (Fsp3) is 1.00. The summed E-state index contributed by atoms with van der Waals surface area (Å²) in [5, 5.41) is 0. The molecular formula is C14H27NS. The Hall–Kier alpha value is 0.310. The molecule has 0 bridgehead atoms. The highest BCUT2D eigenvalue weighted by Gasteiger charge is 2.42. The van der Waals surface area contributed by atoms with Crippen molar-refractivity contribution in [2.24, 2.45) is 29.4 Å². The molecule has 4 atom stereocenters. The monoisotopic (exact) mass is 241 g/mol. The molecule has 3 unspecified atom stereocenters. The van der Waals surface area contributed by atoms with Gasteiger partial charge in [-0.25, -0.2) is 0 Å². The van der Waals surface area contributed by atoms with E-state index in [1.54, 1.807) is 0 Å². The third kappa shape index (κ3) is 3.40. The highest BCUT2D eigenvalue weighted by molar-refractivity contribution is 7.80. The van der Waals surface area contributed by atoms with Gasteiger partial charge >= 0.3 is 0 Å². The summed E-state index contributed by atoms with van der Waals surface area (Å²) in [5.41, 5.74) is 5.72. The van der Waals surface area contributed by atoms with Gasteiger partial charge in [0.2, 0.25) is 0 Å². The van der Waals surface area contributed by atoms with E-state index >= 15 is 0 Å². The quantitative estimate of drug-likeness (QED) is 0.727. The standard InChI is InChI=1S/C14H27NS/c15-7-6-11-4-2-1-3-5-12(10-16)14-9-13(14)8-11/h11-14,16H,1-10,15H2/t11?,12?,13?,14-/m1/s1. The van der Waals surface area contributed by atoms with Gasteiger partial charge in [0.15, 0.2) is 0 Å². The molecule has 2 heteroatoms. The van der Waals surface area contributed by atoms with Crippen molar-refractivity contribution in [3.05, 3.63) is 0 Å². The topological polar surface area (TPSA) is 26.0 Å². The first-order valence-electron chi connectivity index (χ1n) is 7.16. The van der Waals surface area contributed by atoms with Crippen molar-refractivity contribution in [2.45, 2.75) is 51.4 Å². The Bertz CT molecular complexity index is 207. The van der Waals surface area contributed by atoms with Gasteiger partial charge in [-0.2, -0.15) is 12.6 Å². The molecule has 2 rings (SSSR count). The molecule has 2 saturated carbocycles. The van der Waals surface area contributed by atoms with Crippen molar-refractivity contribution in [2.75, 3.05) is 12.3 Å². The molecule has 2 aliphatic carbocycles. The Kier molecular flexibility index (Phi) is 5.02. The summed E-state index contributed by atoms with van der Waals surface area (Å²) in [6, 6.07) is 0. The van der Waals surface area contributed by atoms with Gasteiger partial charge in [-0.05, 0) is 61.7 Å². The van der Waals surface area contributed by atoms with E-state index in [4.69, 9.17) is 5.73 Å². The zero-order valence-electron chi connectivity index (χ0n) is 10.4. The van der Waals surface area contributed by atoms with E-state index in [0.29, 0.717) is 0 Å². The van der Waals surface area contributed by atoms with Crippen molar-refractivity contribution in [1.29, 1.82) is 0 Å².